The third-order valence-corrected chi connectivity index (χ3v) is 6.49. The van der Waals surface area contributed by atoms with Crippen molar-refractivity contribution in [3.63, 3.8) is 0 Å². The van der Waals surface area contributed by atoms with Gasteiger partial charge in [-0.2, -0.15) is 8.42 Å². The molecule has 0 saturated heterocycles. The zero-order valence-electron chi connectivity index (χ0n) is 20.5. The van der Waals surface area contributed by atoms with Gasteiger partial charge in [0.1, 0.15) is 17.1 Å². The Morgan fingerprint density at radius 3 is 2.27 bits per heavy atom. The maximum Gasteiger partial charge on any atom is 0.316 e. The van der Waals surface area contributed by atoms with E-state index >= 15 is 0 Å². The first-order chi connectivity index (χ1) is 17.6. The Kier molecular flexibility index (Phi) is 7.02. The molecule has 4 aromatic rings. The highest BCUT2D eigenvalue weighted by Gasteiger charge is 2.25. The Morgan fingerprint density at radius 2 is 1.65 bits per heavy atom. The summed E-state index contributed by atoms with van der Waals surface area (Å²) in [6, 6.07) is 11.1. The highest BCUT2D eigenvalue weighted by molar-refractivity contribution is 7.90. The summed E-state index contributed by atoms with van der Waals surface area (Å²) in [6.45, 7) is 5.69. The van der Waals surface area contributed by atoms with Crippen LogP contribution in [0.1, 0.15) is 27.0 Å². The first kappa shape index (κ1) is 25.5. The van der Waals surface area contributed by atoms with Crippen molar-refractivity contribution in [2.45, 2.75) is 25.8 Å². The molecule has 11 nitrogen and oxygen atoms in total. The number of pyridine rings is 2. The van der Waals surface area contributed by atoms with Crippen LogP contribution in [0.25, 0.3) is 11.3 Å². The number of hydrogen-bond donors (Lipinski definition) is 2. The number of ether oxygens (including phenoxy) is 2. The maximum absolute atomic E-state index is 13.2. The predicted molar refractivity (Wildman–Crippen MR) is 136 cm³/mol. The Labute approximate surface area is 213 Å². The molecule has 1 aromatic carbocycles. The van der Waals surface area contributed by atoms with Gasteiger partial charge in [0.15, 0.2) is 5.03 Å². The zero-order valence-corrected chi connectivity index (χ0v) is 21.3. The number of methoxy groups -OCH3 is 1. The van der Waals surface area contributed by atoms with E-state index in [-0.39, 0.29) is 23.3 Å². The highest BCUT2D eigenvalue weighted by Crippen LogP contribution is 2.32. The molecule has 0 saturated carbocycles. The lowest BCUT2D eigenvalue weighted by Gasteiger charge is -2.16. The van der Waals surface area contributed by atoms with Crippen LogP contribution in [0.3, 0.4) is 0 Å². The molecule has 3 heterocycles. The molecule has 0 unspecified atom stereocenters. The first-order valence-corrected chi connectivity index (χ1v) is 12.5. The highest BCUT2D eigenvalue weighted by atomic mass is 32.2. The standard InChI is InChI=1S/C25H24N6O5S/c1-14-10-15(2)22(16(3)11-14)36-24-18(8-9-19(29-24)17-12-27-25(35-4)28-13-17)23(32)31-37(33,34)21-7-5-6-20(26)30-21/h5-13H,1-4H3,(H2,26,30)(H,31,32). The van der Waals surface area contributed by atoms with Gasteiger partial charge < -0.3 is 15.2 Å². The maximum atomic E-state index is 13.2. The summed E-state index contributed by atoms with van der Waals surface area (Å²) in [5.41, 5.74) is 9.11. The minimum atomic E-state index is -4.32. The number of carbonyl (C=O) groups is 1. The summed E-state index contributed by atoms with van der Waals surface area (Å²) in [5.74, 6) is -0.559. The molecule has 0 fully saturated rings. The first-order valence-electron chi connectivity index (χ1n) is 11.0. The molecule has 0 spiro atoms. The molecule has 12 heteroatoms. The van der Waals surface area contributed by atoms with Crippen LogP contribution in [0.4, 0.5) is 5.82 Å². The largest absolute Gasteiger partial charge is 0.467 e. The summed E-state index contributed by atoms with van der Waals surface area (Å²) >= 11 is 0. The SMILES string of the molecule is COc1ncc(-c2ccc(C(=O)NS(=O)(=O)c3cccc(N)n3)c(Oc3c(C)cc(C)cc3C)n2)cn1. The Hall–Kier alpha value is -4.58. The Bertz CT molecular complexity index is 1570. The van der Waals surface area contributed by atoms with Crippen LogP contribution < -0.4 is 19.9 Å². The number of aryl methyl sites for hydroxylation is 3. The zero-order chi connectivity index (χ0) is 26.7. The Balaban J connectivity index is 1.77. The van der Waals surface area contributed by atoms with E-state index in [2.05, 4.69) is 19.9 Å². The van der Waals surface area contributed by atoms with Gasteiger partial charge in [-0.25, -0.2) is 24.7 Å². The van der Waals surface area contributed by atoms with Crippen LogP contribution in [0.5, 0.6) is 17.6 Å². The number of carbonyl (C=O) groups excluding carboxylic acids is 1. The molecule has 0 bridgehead atoms. The summed E-state index contributed by atoms with van der Waals surface area (Å²) in [6.07, 6.45) is 3.02. The second-order valence-electron chi connectivity index (χ2n) is 8.17. The quantitative estimate of drug-likeness (QED) is 0.370. The van der Waals surface area contributed by atoms with Crippen molar-refractivity contribution in [3.05, 3.63) is 77.1 Å². The molecule has 0 aliphatic heterocycles. The van der Waals surface area contributed by atoms with Crippen molar-refractivity contribution in [1.82, 2.24) is 24.7 Å². The smallest absolute Gasteiger partial charge is 0.316 e. The topological polar surface area (TPSA) is 159 Å². The number of aromatic nitrogens is 4. The third-order valence-electron chi connectivity index (χ3n) is 5.26. The van der Waals surface area contributed by atoms with Crippen molar-refractivity contribution in [2.24, 2.45) is 0 Å². The molecule has 0 aliphatic rings. The fourth-order valence-electron chi connectivity index (χ4n) is 3.64. The number of sulfonamides is 1. The second-order valence-corrected chi connectivity index (χ2v) is 9.80. The van der Waals surface area contributed by atoms with E-state index in [1.165, 1.54) is 49.8 Å². The Morgan fingerprint density at radius 1 is 0.973 bits per heavy atom. The van der Waals surface area contributed by atoms with Crippen LogP contribution in [0.15, 0.2) is 59.9 Å². The number of nitrogens with two attached hydrogens (primary N) is 1. The molecule has 37 heavy (non-hydrogen) atoms. The molecular weight excluding hydrogens is 496 g/mol. The molecule has 0 aliphatic carbocycles. The van der Waals surface area contributed by atoms with Crippen molar-refractivity contribution in [2.75, 3.05) is 12.8 Å². The van der Waals surface area contributed by atoms with Crippen LogP contribution >= 0.6 is 0 Å². The normalized spacial score (nSPS) is 11.1. The molecule has 1 amide bonds. The molecule has 4 rings (SSSR count). The number of nitrogens with one attached hydrogen (secondary N) is 1. The van der Waals surface area contributed by atoms with Crippen LogP contribution in [-0.2, 0) is 10.0 Å². The van der Waals surface area contributed by atoms with Crippen molar-refractivity contribution >= 4 is 21.7 Å². The van der Waals surface area contributed by atoms with Crippen LogP contribution in [0, 0.1) is 20.8 Å². The number of anilines is 1. The number of amides is 1. The van der Waals surface area contributed by atoms with Gasteiger partial charge >= 0.3 is 6.01 Å². The van der Waals surface area contributed by atoms with E-state index in [4.69, 9.17) is 15.2 Å². The van der Waals surface area contributed by atoms with Crippen molar-refractivity contribution in [1.29, 1.82) is 0 Å². The number of hydrogen-bond acceptors (Lipinski definition) is 10. The predicted octanol–water partition coefficient (Wildman–Crippen LogP) is 3.36. The molecule has 0 radical (unpaired) electrons. The molecule has 3 N–H and O–H groups in total. The van der Waals surface area contributed by atoms with Gasteiger partial charge in [0.25, 0.3) is 15.9 Å². The van der Waals surface area contributed by atoms with Gasteiger partial charge in [-0.15, -0.1) is 0 Å². The minimum Gasteiger partial charge on any atom is -0.467 e. The lowest BCUT2D eigenvalue weighted by Crippen LogP contribution is -2.31. The number of rotatable bonds is 7. The van der Waals surface area contributed by atoms with Gasteiger partial charge in [0.05, 0.1) is 12.8 Å². The molecule has 190 valence electrons. The molecular formula is C25H24N6O5S. The van der Waals surface area contributed by atoms with E-state index in [0.29, 0.717) is 17.0 Å². The lowest BCUT2D eigenvalue weighted by atomic mass is 10.1. The number of benzene rings is 1. The lowest BCUT2D eigenvalue weighted by molar-refractivity contribution is 0.0978. The second kappa shape index (κ2) is 10.2. The van der Waals surface area contributed by atoms with E-state index in [9.17, 15) is 13.2 Å². The average molecular weight is 521 g/mol. The van der Waals surface area contributed by atoms with E-state index in [0.717, 1.165) is 16.7 Å². The number of nitrogen functional groups attached to an aromatic ring is 1. The van der Waals surface area contributed by atoms with Gasteiger partial charge in [-0.05, 0) is 56.2 Å². The minimum absolute atomic E-state index is 0.00241. The average Bonchev–Trinajstić information content (AvgIpc) is 2.86. The van der Waals surface area contributed by atoms with Gasteiger partial charge in [0, 0.05) is 18.0 Å². The van der Waals surface area contributed by atoms with Gasteiger partial charge in [-0.3, -0.25) is 4.79 Å². The number of nitrogens with zero attached hydrogens (tertiary/aromatic N) is 4. The summed E-state index contributed by atoms with van der Waals surface area (Å²) in [7, 11) is -2.87. The molecule has 3 aromatic heterocycles. The third kappa shape index (κ3) is 5.64. The van der Waals surface area contributed by atoms with Crippen LogP contribution in [-0.4, -0.2) is 41.4 Å². The van der Waals surface area contributed by atoms with Crippen LogP contribution in [0.2, 0.25) is 0 Å². The molecule has 0 atom stereocenters. The summed E-state index contributed by atoms with van der Waals surface area (Å²) in [4.78, 5) is 29.6. The van der Waals surface area contributed by atoms with Crippen molar-refractivity contribution in [3.8, 4) is 28.9 Å². The van der Waals surface area contributed by atoms with E-state index in [1.54, 1.807) is 0 Å². The monoisotopic (exact) mass is 520 g/mol. The fraction of sp³-hybridized carbons (Fsp3) is 0.160. The summed E-state index contributed by atoms with van der Waals surface area (Å²) in [5, 5.41) is -0.395. The van der Waals surface area contributed by atoms with Crippen molar-refractivity contribution < 1.29 is 22.7 Å². The van der Waals surface area contributed by atoms with Gasteiger partial charge in [0.2, 0.25) is 5.88 Å². The van der Waals surface area contributed by atoms with Gasteiger partial charge in [-0.1, -0.05) is 23.8 Å². The fourth-order valence-corrected chi connectivity index (χ4v) is 4.58. The van der Waals surface area contributed by atoms with E-state index in [1.807, 2.05) is 37.6 Å². The summed E-state index contributed by atoms with van der Waals surface area (Å²) < 4.78 is 38.7. The van der Waals surface area contributed by atoms with E-state index < -0.39 is 21.0 Å².